The maximum absolute atomic E-state index is 12.2. The first-order valence-corrected chi connectivity index (χ1v) is 11.0. The van der Waals surface area contributed by atoms with Crippen LogP contribution in [0.5, 0.6) is 0 Å². The minimum atomic E-state index is -0.504. The lowest BCUT2D eigenvalue weighted by Gasteiger charge is -2.31. The number of carbonyl (C=O) groups excluding carboxylic acids is 1. The predicted octanol–water partition coefficient (Wildman–Crippen LogP) is 3.12. The average molecular weight is 441 g/mol. The van der Waals surface area contributed by atoms with E-state index in [1.165, 1.54) is 0 Å². The monoisotopic (exact) mass is 440 g/mol. The van der Waals surface area contributed by atoms with Crippen molar-refractivity contribution in [3.05, 3.63) is 59.8 Å². The molecule has 0 saturated carbocycles. The molecule has 0 unspecified atom stereocenters. The number of nitrogen functional groups attached to an aromatic ring is 1. The molecule has 3 heterocycles. The lowest BCUT2D eigenvalue weighted by atomic mass is 9.75. The molecule has 0 atom stereocenters. The summed E-state index contributed by atoms with van der Waals surface area (Å²) in [5.74, 6) is 0.216. The number of ether oxygens (including phenoxy) is 1. The quantitative estimate of drug-likeness (QED) is 0.571. The second kappa shape index (κ2) is 8.52. The van der Waals surface area contributed by atoms with Gasteiger partial charge in [0.1, 0.15) is 11.5 Å². The minimum absolute atomic E-state index is 0.103. The Morgan fingerprint density at radius 3 is 2.52 bits per heavy atom. The van der Waals surface area contributed by atoms with Crippen LogP contribution in [0.3, 0.4) is 0 Å². The molecule has 8 nitrogen and oxygen atoms in total. The average Bonchev–Trinajstić information content (AvgIpc) is 3.05. The second-order valence-electron chi connectivity index (χ2n) is 8.32. The van der Waals surface area contributed by atoms with Gasteiger partial charge in [0.25, 0.3) is 5.91 Å². The van der Waals surface area contributed by atoms with Gasteiger partial charge in [0.15, 0.2) is 0 Å². The van der Waals surface area contributed by atoms with Gasteiger partial charge in [-0.2, -0.15) is 5.26 Å². The molecule has 1 saturated heterocycles. The summed E-state index contributed by atoms with van der Waals surface area (Å²) in [6, 6.07) is 15.9. The van der Waals surface area contributed by atoms with Gasteiger partial charge < -0.3 is 21.1 Å². The van der Waals surface area contributed by atoms with Crippen molar-refractivity contribution < 1.29 is 9.53 Å². The lowest BCUT2D eigenvalue weighted by Crippen LogP contribution is -2.32. The molecule has 3 aromatic rings. The Kier molecular flexibility index (Phi) is 5.40. The summed E-state index contributed by atoms with van der Waals surface area (Å²) < 4.78 is 5.45. The number of hydrogen-bond acceptors (Lipinski definition) is 7. The first-order chi connectivity index (χ1) is 16.1. The van der Waals surface area contributed by atoms with Gasteiger partial charge >= 0.3 is 0 Å². The Hall–Kier alpha value is -3.96. The first kappa shape index (κ1) is 20.9. The van der Waals surface area contributed by atoms with E-state index >= 15 is 0 Å². The molecule has 2 aromatic carbocycles. The molecular weight excluding hydrogens is 416 g/mol. The minimum Gasteiger partial charge on any atom is -0.383 e. The van der Waals surface area contributed by atoms with Gasteiger partial charge in [0.05, 0.1) is 28.9 Å². The molecule has 5 rings (SSSR count). The number of aromatic nitrogens is 2. The third-order valence-corrected chi connectivity index (χ3v) is 6.36. The number of rotatable bonds is 3. The highest BCUT2D eigenvalue weighted by molar-refractivity contribution is 6.01. The fourth-order valence-electron chi connectivity index (χ4n) is 4.40. The van der Waals surface area contributed by atoms with Gasteiger partial charge in [-0.3, -0.25) is 4.79 Å². The third kappa shape index (κ3) is 3.88. The number of hydrogen-bond donors (Lipinski definition) is 3. The van der Waals surface area contributed by atoms with Crippen LogP contribution in [-0.4, -0.2) is 42.2 Å². The molecule has 1 amide bonds. The first-order valence-electron chi connectivity index (χ1n) is 11.0. The van der Waals surface area contributed by atoms with Crippen molar-refractivity contribution in [1.29, 1.82) is 5.26 Å². The highest BCUT2D eigenvalue weighted by Crippen LogP contribution is 2.35. The highest BCUT2D eigenvalue weighted by atomic mass is 16.5. The number of fused-ring (bicyclic) bond motifs is 1. The maximum Gasteiger partial charge on any atom is 0.253 e. The standard InChI is InChI=1S/C25H24N6O2/c26-15-25(7-11-33-12-8-25)18-4-1-16(2-5-18)21-14-30-23(27)22(31-21)17-3-6-19-20(13-17)28-9-10-29-24(19)32/h1-6,13-14,28H,7-12H2,(H2,27,30)(H,29,32). The Bertz CT molecular complexity index is 1240. The molecule has 0 spiro atoms. The third-order valence-electron chi connectivity index (χ3n) is 6.36. The van der Waals surface area contributed by atoms with Gasteiger partial charge in [-0.05, 0) is 30.5 Å². The van der Waals surface area contributed by atoms with Crippen LogP contribution < -0.4 is 16.4 Å². The highest BCUT2D eigenvalue weighted by Gasteiger charge is 2.34. The van der Waals surface area contributed by atoms with Crippen molar-refractivity contribution in [2.75, 3.05) is 37.4 Å². The zero-order valence-electron chi connectivity index (χ0n) is 18.1. The van der Waals surface area contributed by atoms with E-state index in [0.29, 0.717) is 61.9 Å². The van der Waals surface area contributed by atoms with E-state index in [4.69, 9.17) is 15.5 Å². The number of anilines is 2. The van der Waals surface area contributed by atoms with Crippen LogP contribution in [0.4, 0.5) is 11.5 Å². The molecule has 166 valence electrons. The van der Waals surface area contributed by atoms with Crippen LogP contribution >= 0.6 is 0 Å². The Labute approximate surface area is 191 Å². The molecule has 0 bridgehead atoms. The molecule has 0 aliphatic carbocycles. The summed E-state index contributed by atoms with van der Waals surface area (Å²) in [5, 5.41) is 15.9. The Balaban J connectivity index is 1.48. The molecule has 1 fully saturated rings. The van der Waals surface area contributed by atoms with Gasteiger partial charge in [-0.15, -0.1) is 0 Å². The molecule has 2 aliphatic heterocycles. The number of amides is 1. The van der Waals surface area contributed by atoms with Crippen LogP contribution in [0, 0.1) is 11.3 Å². The summed E-state index contributed by atoms with van der Waals surface area (Å²) in [6.07, 6.45) is 3.04. The summed E-state index contributed by atoms with van der Waals surface area (Å²) in [7, 11) is 0. The molecule has 4 N–H and O–H groups in total. The summed E-state index contributed by atoms with van der Waals surface area (Å²) in [5.41, 5.74) is 10.9. The Morgan fingerprint density at radius 1 is 1.03 bits per heavy atom. The molecule has 1 aromatic heterocycles. The molecule has 8 heteroatoms. The largest absolute Gasteiger partial charge is 0.383 e. The zero-order chi connectivity index (χ0) is 22.8. The number of carbonyl (C=O) groups is 1. The predicted molar refractivity (Wildman–Crippen MR) is 125 cm³/mol. The van der Waals surface area contributed by atoms with Gasteiger partial charge in [-0.25, -0.2) is 9.97 Å². The Morgan fingerprint density at radius 2 is 1.76 bits per heavy atom. The molecule has 33 heavy (non-hydrogen) atoms. The number of nitrogens with two attached hydrogens (primary N) is 1. The van der Waals surface area contributed by atoms with Crippen molar-refractivity contribution in [3.63, 3.8) is 0 Å². The van der Waals surface area contributed by atoms with Crippen LogP contribution in [0.1, 0.15) is 28.8 Å². The van der Waals surface area contributed by atoms with Crippen molar-refractivity contribution in [1.82, 2.24) is 15.3 Å². The van der Waals surface area contributed by atoms with Crippen molar-refractivity contribution in [2.45, 2.75) is 18.3 Å². The van der Waals surface area contributed by atoms with Crippen LogP contribution in [0.2, 0.25) is 0 Å². The van der Waals surface area contributed by atoms with E-state index in [0.717, 1.165) is 22.4 Å². The maximum atomic E-state index is 12.2. The number of benzene rings is 2. The van der Waals surface area contributed by atoms with Gasteiger partial charge in [0, 0.05) is 43.1 Å². The normalized spacial score (nSPS) is 17.1. The van der Waals surface area contributed by atoms with E-state index in [1.54, 1.807) is 12.3 Å². The van der Waals surface area contributed by atoms with E-state index in [2.05, 4.69) is 21.7 Å². The smallest absolute Gasteiger partial charge is 0.253 e. The van der Waals surface area contributed by atoms with Gasteiger partial charge in [-0.1, -0.05) is 30.3 Å². The SMILES string of the molecule is N#CC1(c2ccc(-c3cnc(N)c(-c4ccc5c(c4)NCCNC5=O)n3)cc2)CCOCC1. The number of nitriles is 1. The van der Waals surface area contributed by atoms with Crippen LogP contribution in [-0.2, 0) is 10.2 Å². The summed E-state index contributed by atoms with van der Waals surface area (Å²) in [4.78, 5) is 21.4. The number of nitrogens with zero attached hydrogens (tertiary/aromatic N) is 3. The number of nitrogens with one attached hydrogen (secondary N) is 2. The van der Waals surface area contributed by atoms with E-state index in [1.807, 2.05) is 36.4 Å². The van der Waals surface area contributed by atoms with Crippen LogP contribution in [0.15, 0.2) is 48.7 Å². The fourth-order valence-corrected chi connectivity index (χ4v) is 4.40. The lowest BCUT2D eigenvalue weighted by molar-refractivity contribution is 0.0675. The summed E-state index contributed by atoms with van der Waals surface area (Å²) >= 11 is 0. The van der Waals surface area contributed by atoms with E-state index in [-0.39, 0.29) is 5.91 Å². The topological polar surface area (TPSA) is 126 Å². The van der Waals surface area contributed by atoms with Crippen molar-refractivity contribution in [3.8, 4) is 28.6 Å². The molecule has 0 radical (unpaired) electrons. The van der Waals surface area contributed by atoms with Crippen molar-refractivity contribution in [2.24, 2.45) is 0 Å². The van der Waals surface area contributed by atoms with E-state index in [9.17, 15) is 10.1 Å². The van der Waals surface area contributed by atoms with Crippen molar-refractivity contribution >= 4 is 17.4 Å². The van der Waals surface area contributed by atoms with Crippen LogP contribution in [0.25, 0.3) is 22.5 Å². The van der Waals surface area contributed by atoms with Gasteiger partial charge in [0.2, 0.25) is 0 Å². The van der Waals surface area contributed by atoms with E-state index < -0.39 is 5.41 Å². The zero-order valence-corrected chi connectivity index (χ0v) is 18.1. The second-order valence-corrected chi connectivity index (χ2v) is 8.32. The fraction of sp³-hybridized carbons (Fsp3) is 0.280. The molecule has 2 aliphatic rings. The molecular formula is C25H24N6O2. The summed E-state index contributed by atoms with van der Waals surface area (Å²) in [6.45, 7) is 2.40.